The van der Waals surface area contributed by atoms with Gasteiger partial charge in [-0.3, -0.25) is 0 Å². The van der Waals surface area contributed by atoms with E-state index >= 15 is 0 Å². The second kappa shape index (κ2) is 6.21. The molecule has 4 nitrogen and oxygen atoms in total. The van der Waals surface area contributed by atoms with Gasteiger partial charge < -0.3 is 5.73 Å². The second-order valence-corrected chi connectivity index (χ2v) is 5.81. The number of nitrogens with two attached hydrogens (primary N) is 1. The van der Waals surface area contributed by atoms with Gasteiger partial charge in [0.2, 0.25) is 10.0 Å². The summed E-state index contributed by atoms with van der Waals surface area (Å²) in [7, 11) is -3.88. The van der Waals surface area contributed by atoms with Crippen molar-refractivity contribution in [1.82, 2.24) is 4.31 Å². The fourth-order valence-corrected chi connectivity index (χ4v) is 3.38. The molecule has 0 radical (unpaired) electrons. The van der Waals surface area contributed by atoms with Gasteiger partial charge >= 0.3 is 6.18 Å². The van der Waals surface area contributed by atoms with Crippen LogP contribution in [0.15, 0.2) is 0 Å². The van der Waals surface area contributed by atoms with E-state index in [-0.39, 0.29) is 31.9 Å². The highest BCUT2D eigenvalue weighted by atomic mass is 35.5. The molecule has 1 heterocycles. The first-order valence-electron chi connectivity index (χ1n) is 5.05. The van der Waals surface area contributed by atoms with Gasteiger partial charge in [0.25, 0.3) is 0 Å². The summed E-state index contributed by atoms with van der Waals surface area (Å²) in [4.78, 5) is 0. The Hall–Kier alpha value is -0.0500. The summed E-state index contributed by atoms with van der Waals surface area (Å²) in [5.41, 5.74) is 5.09. The Morgan fingerprint density at radius 1 is 1.29 bits per heavy atom. The minimum atomic E-state index is -4.50. The van der Waals surface area contributed by atoms with Gasteiger partial charge in [0.1, 0.15) is 6.04 Å². The van der Waals surface area contributed by atoms with Gasteiger partial charge in [0.15, 0.2) is 0 Å². The van der Waals surface area contributed by atoms with Crippen LogP contribution in [0, 0.1) is 0 Å². The van der Waals surface area contributed by atoms with Crippen molar-refractivity contribution in [2.24, 2.45) is 5.73 Å². The Balaban J connectivity index is 0.00000256. The van der Waals surface area contributed by atoms with E-state index in [0.29, 0.717) is 17.1 Å². The molecule has 0 aliphatic carbocycles. The highest BCUT2D eigenvalue weighted by Gasteiger charge is 2.48. The Labute approximate surface area is 105 Å². The fourth-order valence-electron chi connectivity index (χ4n) is 1.83. The second-order valence-electron chi connectivity index (χ2n) is 3.77. The van der Waals surface area contributed by atoms with Crippen LogP contribution in [0.2, 0.25) is 0 Å². The zero-order chi connectivity index (χ0) is 12.4. The number of rotatable bonds is 3. The van der Waals surface area contributed by atoms with Gasteiger partial charge in [0.05, 0.1) is 5.75 Å². The van der Waals surface area contributed by atoms with Crippen LogP contribution >= 0.6 is 12.4 Å². The van der Waals surface area contributed by atoms with Crippen LogP contribution in [0.4, 0.5) is 13.2 Å². The summed E-state index contributed by atoms with van der Waals surface area (Å²) < 4.78 is 61.6. The van der Waals surface area contributed by atoms with E-state index in [0.717, 1.165) is 0 Å². The predicted molar refractivity (Wildman–Crippen MR) is 60.5 cm³/mol. The third-order valence-electron chi connectivity index (χ3n) is 2.56. The lowest BCUT2D eigenvalue weighted by atomic mass is 10.1. The molecule has 0 aromatic carbocycles. The van der Waals surface area contributed by atoms with Gasteiger partial charge in [-0.05, 0) is 12.8 Å². The number of hydrogen-bond acceptors (Lipinski definition) is 3. The van der Waals surface area contributed by atoms with Crippen LogP contribution in [0.25, 0.3) is 0 Å². The van der Waals surface area contributed by atoms with Crippen molar-refractivity contribution >= 4 is 22.4 Å². The minimum Gasteiger partial charge on any atom is -0.329 e. The SMILES string of the molecule is Cl.NCCS(=O)(=O)N1CCCCC1C(F)(F)F. The third kappa shape index (κ3) is 4.27. The largest absolute Gasteiger partial charge is 0.405 e. The summed E-state index contributed by atoms with van der Waals surface area (Å²) in [6.45, 7) is -0.226. The molecule has 0 amide bonds. The first-order valence-corrected chi connectivity index (χ1v) is 6.66. The Kier molecular flexibility index (Phi) is 6.20. The molecule has 9 heteroatoms. The van der Waals surface area contributed by atoms with Gasteiger partial charge in [-0.25, -0.2) is 8.42 Å². The Bertz CT molecular complexity index is 334. The number of sulfonamides is 1. The maximum absolute atomic E-state index is 12.6. The van der Waals surface area contributed by atoms with Crippen LogP contribution in [-0.4, -0.2) is 43.8 Å². The molecule has 0 bridgehead atoms. The van der Waals surface area contributed by atoms with Gasteiger partial charge in [0, 0.05) is 13.1 Å². The highest BCUT2D eigenvalue weighted by Crippen LogP contribution is 2.33. The monoisotopic (exact) mass is 296 g/mol. The molecule has 1 atom stereocenters. The number of alkyl halides is 3. The Morgan fingerprint density at radius 2 is 1.88 bits per heavy atom. The van der Waals surface area contributed by atoms with E-state index in [1.807, 2.05) is 0 Å². The zero-order valence-corrected chi connectivity index (χ0v) is 10.7. The van der Waals surface area contributed by atoms with Crippen molar-refractivity contribution in [1.29, 1.82) is 0 Å². The molecule has 1 aliphatic rings. The quantitative estimate of drug-likeness (QED) is 0.849. The zero-order valence-electron chi connectivity index (χ0n) is 9.11. The molecule has 0 spiro atoms. The van der Waals surface area contributed by atoms with Crippen molar-refractivity contribution in [3.63, 3.8) is 0 Å². The first kappa shape index (κ1) is 16.9. The molecule has 2 N–H and O–H groups in total. The molecule has 1 rings (SSSR count). The fraction of sp³-hybridized carbons (Fsp3) is 1.00. The average Bonchev–Trinajstić information content (AvgIpc) is 2.16. The molecule has 1 aliphatic heterocycles. The summed E-state index contributed by atoms with van der Waals surface area (Å²) in [5.74, 6) is -0.431. The highest BCUT2D eigenvalue weighted by molar-refractivity contribution is 7.89. The first-order chi connectivity index (χ1) is 7.29. The van der Waals surface area contributed by atoms with Crippen molar-refractivity contribution < 1.29 is 21.6 Å². The average molecular weight is 297 g/mol. The molecule has 1 unspecified atom stereocenters. The maximum atomic E-state index is 12.6. The molecule has 17 heavy (non-hydrogen) atoms. The summed E-state index contributed by atoms with van der Waals surface area (Å²) in [6, 6.07) is -1.88. The molecular formula is C8H16ClF3N2O2S. The van der Waals surface area contributed by atoms with Crippen LogP contribution < -0.4 is 5.73 Å². The summed E-state index contributed by atoms with van der Waals surface area (Å²) >= 11 is 0. The molecule has 0 saturated carbocycles. The number of piperidine rings is 1. The van der Waals surface area contributed by atoms with Crippen molar-refractivity contribution in [3.05, 3.63) is 0 Å². The smallest absolute Gasteiger partial charge is 0.329 e. The predicted octanol–water partition coefficient (Wildman–Crippen LogP) is 1.11. The lowest BCUT2D eigenvalue weighted by Gasteiger charge is -2.35. The minimum absolute atomic E-state index is 0. The normalized spacial score (nSPS) is 23.2. The number of hydrogen-bond donors (Lipinski definition) is 1. The number of halogens is 4. The molecule has 0 aromatic rings. The van der Waals surface area contributed by atoms with E-state index in [1.165, 1.54) is 0 Å². The van der Waals surface area contributed by atoms with Crippen LogP contribution in [0.3, 0.4) is 0 Å². The molecule has 0 aromatic heterocycles. The summed E-state index contributed by atoms with van der Waals surface area (Å²) in [5, 5.41) is 0. The van der Waals surface area contributed by atoms with E-state index < -0.39 is 28.0 Å². The van der Waals surface area contributed by atoms with E-state index in [9.17, 15) is 21.6 Å². The lowest BCUT2D eigenvalue weighted by molar-refractivity contribution is -0.177. The number of nitrogens with zero attached hydrogens (tertiary/aromatic N) is 1. The molecule has 104 valence electrons. The van der Waals surface area contributed by atoms with Crippen LogP contribution in [0.5, 0.6) is 0 Å². The van der Waals surface area contributed by atoms with E-state index in [4.69, 9.17) is 5.73 Å². The van der Waals surface area contributed by atoms with Crippen LogP contribution in [0.1, 0.15) is 19.3 Å². The van der Waals surface area contributed by atoms with Crippen LogP contribution in [-0.2, 0) is 10.0 Å². The standard InChI is InChI=1S/C8H15F3N2O2S.ClH/c9-8(10,11)7-3-1-2-5-13(7)16(14,15)6-4-12;/h7H,1-6,12H2;1H. The van der Waals surface area contributed by atoms with Crippen molar-refractivity contribution in [3.8, 4) is 0 Å². The Morgan fingerprint density at radius 3 is 2.35 bits per heavy atom. The molecular weight excluding hydrogens is 281 g/mol. The molecule has 1 saturated heterocycles. The van der Waals surface area contributed by atoms with Gasteiger partial charge in [-0.1, -0.05) is 6.42 Å². The lowest BCUT2D eigenvalue weighted by Crippen LogP contribution is -2.52. The summed E-state index contributed by atoms with van der Waals surface area (Å²) in [6.07, 6.45) is -3.79. The van der Waals surface area contributed by atoms with Crippen molar-refractivity contribution in [2.45, 2.75) is 31.5 Å². The van der Waals surface area contributed by atoms with E-state index in [1.54, 1.807) is 0 Å². The van der Waals surface area contributed by atoms with Crippen molar-refractivity contribution in [2.75, 3.05) is 18.8 Å². The third-order valence-corrected chi connectivity index (χ3v) is 4.47. The maximum Gasteiger partial charge on any atom is 0.405 e. The molecule has 1 fully saturated rings. The van der Waals surface area contributed by atoms with Gasteiger partial charge in [-0.15, -0.1) is 12.4 Å². The van der Waals surface area contributed by atoms with E-state index in [2.05, 4.69) is 0 Å². The van der Waals surface area contributed by atoms with Gasteiger partial charge in [-0.2, -0.15) is 17.5 Å². The topological polar surface area (TPSA) is 63.4 Å².